The van der Waals surface area contributed by atoms with Crippen molar-refractivity contribution in [2.75, 3.05) is 38.1 Å². The van der Waals surface area contributed by atoms with Gasteiger partial charge in [-0.3, -0.25) is 0 Å². The van der Waals surface area contributed by atoms with Crippen LogP contribution in [-0.4, -0.2) is 76.7 Å². The number of alkyl carbamates (subject to hydrolysis) is 1. The van der Waals surface area contributed by atoms with Crippen molar-refractivity contribution in [1.29, 1.82) is 0 Å². The lowest BCUT2D eigenvalue weighted by Crippen LogP contribution is -2.44. The number of aliphatic hydroxyl groups is 2. The van der Waals surface area contributed by atoms with Crippen LogP contribution >= 0.6 is 0 Å². The number of benzene rings is 1. The summed E-state index contributed by atoms with van der Waals surface area (Å²) in [5.74, 6) is -0.330. The van der Waals surface area contributed by atoms with Gasteiger partial charge in [0.2, 0.25) is 0 Å². The SMILES string of the molecule is [2H]C([2H])(O)C([2H])([2H])N(c1ccc2c(c1)nc(CC[C@H](NC(=O)OC(C)(C)C)C(=O)OC)n2C)C([2H])([2H])C([2H])([2H])O. The Morgan fingerprint density at radius 3 is 2.50 bits per heavy atom. The van der Waals surface area contributed by atoms with Gasteiger partial charge in [0.1, 0.15) is 17.5 Å². The minimum atomic E-state index is -3.68. The summed E-state index contributed by atoms with van der Waals surface area (Å²) in [7, 11) is 2.79. The molecule has 0 saturated heterocycles. The number of carbonyl (C=O) groups is 2. The summed E-state index contributed by atoms with van der Waals surface area (Å²) in [4.78, 5) is 28.9. The van der Waals surface area contributed by atoms with E-state index in [1.165, 1.54) is 6.07 Å². The van der Waals surface area contributed by atoms with Crippen LogP contribution in [0.5, 0.6) is 0 Å². The molecule has 0 aliphatic heterocycles. The summed E-state index contributed by atoms with van der Waals surface area (Å²) in [6, 6.07) is 2.60. The number of anilines is 1. The highest BCUT2D eigenvalue weighted by atomic mass is 16.6. The Balaban J connectivity index is 2.48. The van der Waals surface area contributed by atoms with E-state index in [-0.39, 0.29) is 23.3 Å². The second-order valence-corrected chi connectivity index (χ2v) is 7.80. The van der Waals surface area contributed by atoms with Gasteiger partial charge in [-0.2, -0.15) is 0 Å². The van der Waals surface area contributed by atoms with Crippen LogP contribution in [0.15, 0.2) is 18.2 Å². The first-order chi connectivity index (χ1) is 17.9. The molecule has 1 heterocycles. The summed E-state index contributed by atoms with van der Waals surface area (Å²) >= 11 is 0. The molecule has 0 radical (unpaired) electrons. The molecule has 0 saturated carbocycles. The number of hydrogen-bond donors (Lipinski definition) is 3. The number of rotatable bonds is 10. The predicted molar refractivity (Wildman–Crippen MR) is 121 cm³/mol. The molecule has 10 heteroatoms. The Hall–Kier alpha value is -2.85. The maximum absolute atomic E-state index is 12.3. The molecule has 2 rings (SSSR count). The number of methoxy groups -OCH3 is 1. The molecule has 1 amide bonds. The second kappa shape index (κ2) is 11.1. The molecule has 1 aromatic heterocycles. The molecule has 0 bridgehead atoms. The smallest absolute Gasteiger partial charge is 0.408 e. The van der Waals surface area contributed by atoms with Crippen LogP contribution < -0.4 is 10.2 Å². The largest absolute Gasteiger partial charge is 0.467 e. The van der Waals surface area contributed by atoms with Crippen molar-refractivity contribution in [2.24, 2.45) is 7.05 Å². The quantitative estimate of drug-likeness (QED) is 0.456. The van der Waals surface area contributed by atoms with Gasteiger partial charge >= 0.3 is 12.1 Å². The van der Waals surface area contributed by atoms with Crippen LogP contribution in [0.2, 0.25) is 0 Å². The molecule has 0 fully saturated rings. The van der Waals surface area contributed by atoms with Crippen LogP contribution in [0, 0.1) is 0 Å². The van der Waals surface area contributed by atoms with Crippen LogP contribution in [0.25, 0.3) is 11.0 Å². The third-order valence-electron chi connectivity index (χ3n) is 4.37. The van der Waals surface area contributed by atoms with Gasteiger partial charge in [0.15, 0.2) is 0 Å². The van der Waals surface area contributed by atoms with E-state index < -0.39 is 55.5 Å². The van der Waals surface area contributed by atoms with Crippen molar-refractivity contribution in [3.63, 3.8) is 0 Å². The average Bonchev–Trinajstić information content (AvgIpc) is 3.07. The number of esters is 1. The van der Waals surface area contributed by atoms with Crippen LogP contribution in [-0.2, 0) is 27.7 Å². The minimum absolute atomic E-state index is 0.0220. The number of imidazole rings is 1. The number of carbonyl (C=O) groups excluding carboxylic acids is 2. The van der Waals surface area contributed by atoms with Crippen molar-refractivity contribution < 1.29 is 40.2 Å². The maximum atomic E-state index is 12.3. The van der Waals surface area contributed by atoms with E-state index in [2.05, 4.69) is 10.3 Å². The molecular formula is C22H34N4O6. The highest BCUT2D eigenvalue weighted by molar-refractivity contribution is 5.82. The zero-order valence-electron chi connectivity index (χ0n) is 26.6. The van der Waals surface area contributed by atoms with Gasteiger partial charge in [0.05, 0.1) is 42.2 Å². The minimum Gasteiger partial charge on any atom is -0.467 e. The van der Waals surface area contributed by atoms with Gasteiger partial charge in [-0.25, -0.2) is 14.6 Å². The van der Waals surface area contributed by atoms with Crippen LogP contribution in [0.4, 0.5) is 10.5 Å². The summed E-state index contributed by atoms with van der Waals surface area (Å²) in [6.07, 6.45) is -0.656. The number of ether oxygens (including phenoxy) is 2. The van der Waals surface area contributed by atoms with Gasteiger partial charge in [0, 0.05) is 32.1 Å². The van der Waals surface area contributed by atoms with Crippen molar-refractivity contribution in [2.45, 2.75) is 45.3 Å². The van der Waals surface area contributed by atoms with E-state index in [1.54, 1.807) is 32.4 Å². The third-order valence-corrected chi connectivity index (χ3v) is 4.37. The Morgan fingerprint density at radius 1 is 1.28 bits per heavy atom. The van der Waals surface area contributed by atoms with Gasteiger partial charge in [-0.15, -0.1) is 0 Å². The fourth-order valence-corrected chi connectivity index (χ4v) is 2.97. The highest BCUT2D eigenvalue weighted by Gasteiger charge is 2.25. The van der Waals surface area contributed by atoms with Crippen molar-refractivity contribution >= 4 is 28.8 Å². The maximum Gasteiger partial charge on any atom is 0.408 e. The van der Waals surface area contributed by atoms with E-state index in [4.69, 9.17) is 20.4 Å². The van der Waals surface area contributed by atoms with Crippen LogP contribution in [0.3, 0.4) is 0 Å². The molecular weight excluding hydrogens is 416 g/mol. The standard InChI is InChI=1S/C22H34N4O6/c1-22(2,3)32-21(30)24-16(20(29)31-5)7-9-19-23-17-14-15(6-8-18(17)25(19)4)26(10-12-27)11-13-28/h6,8,14,16,27-28H,7,9-13H2,1-5H3,(H,24,30)/t16-/m0/s1/i10D2,11D2,12D2,13D2. The molecule has 1 aromatic carbocycles. The summed E-state index contributed by atoms with van der Waals surface area (Å²) in [5, 5.41) is 22.1. The number of nitrogens with one attached hydrogen (secondary N) is 1. The molecule has 0 aliphatic carbocycles. The van der Waals surface area contributed by atoms with E-state index in [0.717, 1.165) is 19.2 Å². The Morgan fingerprint density at radius 2 is 1.94 bits per heavy atom. The summed E-state index contributed by atoms with van der Waals surface area (Å²) < 4.78 is 73.8. The number of nitrogens with zero attached hydrogens (tertiary/aromatic N) is 3. The van der Waals surface area contributed by atoms with Crippen molar-refractivity contribution in [1.82, 2.24) is 14.9 Å². The van der Waals surface area contributed by atoms with Gasteiger partial charge < -0.3 is 34.5 Å². The number of aromatic nitrogens is 2. The highest BCUT2D eigenvalue weighted by Crippen LogP contribution is 2.23. The van der Waals surface area contributed by atoms with E-state index in [1.807, 2.05) is 0 Å². The number of fused-ring (bicyclic) bond motifs is 1. The molecule has 0 aliphatic rings. The number of hydrogen-bond acceptors (Lipinski definition) is 8. The Kier molecular flexibility index (Phi) is 5.53. The van der Waals surface area contributed by atoms with Crippen molar-refractivity contribution in [3.05, 3.63) is 24.0 Å². The van der Waals surface area contributed by atoms with E-state index >= 15 is 0 Å². The third kappa shape index (κ3) is 6.83. The predicted octanol–water partition coefficient (Wildman–Crippen LogP) is 1.36. The lowest BCUT2D eigenvalue weighted by atomic mass is 10.1. The van der Waals surface area contributed by atoms with E-state index in [0.29, 0.717) is 11.3 Å². The zero-order chi connectivity index (χ0) is 31.1. The van der Waals surface area contributed by atoms with Crippen molar-refractivity contribution in [3.8, 4) is 0 Å². The van der Waals surface area contributed by atoms with Gasteiger partial charge in [-0.1, -0.05) is 0 Å². The first kappa shape index (κ1) is 15.9. The Labute approximate surface area is 199 Å². The molecule has 178 valence electrons. The second-order valence-electron chi connectivity index (χ2n) is 7.80. The molecule has 1 atom stereocenters. The topological polar surface area (TPSA) is 126 Å². The van der Waals surface area contributed by atoms with Gasteiger partial charge in [0.25, 0.3) is 0 Å². The van der Waals surface area contributed by atoms with Gasteiger partial charge in [-0.05, 0) is 45.4 Å². The average molecular weight is 459 g/mol. The van der Waals surface area contributed by atoms with Crippen LogP contribution in [0.1, 0.15) is 44.0 Å². The molecule has 10 nitrogen and oxygen atoms in total. The summed E-state index contributed by atoms with van der Waals surface area (Å²) in [6.45, 7) is -9.49. The molecule has 0 unspecified atom stereocenters. The first-order valence-electron chi connectivity index (χ1n) is 13.7. The fourth-order valence-electron chi connectivity index (χ4n) is 2.97. The number of amides is 1. The van der Waals surface area contributed by atoms with E-state index in [9.17, 15) is 19.8 Å². The first-order valence-corrected chi connectivity index (χ1v) is 9.72. The fraction of sp³-hybridized carbons (Fsp3) is 0.591. The lowest BCUT2D eigenvalue weighted by molar-refractivity contribution is -0.143. The monoisotopic (exact) mass is 458 g/mol. The molecule has 32 heavy (non-hydrogen) atoms. The molecule has 3 N–H and O–H groups in total. The Bertz CT molecular complexity index is 1210. The molecule has 2 aromatic rings. The normalized spacial score (nSPS) is 18.0. The lowest BCUT2D eigenvalue weighted by Gasteiger charge is -2.22. The summed E-state index contributed by atoms with van der Waals surface area (Å²) in [5.41, 5.74) is -0.626. The molecule has 0 spiro atoms. The number of aryl methyl sites for hydroxylation is 2. The zero-order valence-corrected chi connectivity index (χ0v) is 18.6.